The van der Waals surface area contributed by atoms with Crippen molar-refractivity contribution in [3.63, 3.8) is 0 Å². The van der Waals surface area contributed by atoms with Gasteiger partial charge in [-0.2, -0.15) is 0 Å². The molecule has 0 fully saturated rings. The summed E-state index contributed by atoms with van der Waals surface area (Å²) in [6, 6.07) is 5.55. The summed E-state index contributed by atoms with van der Waals surface area (Å²) in [5.41, 5.74) is 0.533. The van der Waals surface area contributed by atoms with Crippen LogP contribution in [0.5, 0.6) is 0 Å². The molecule has 0 aromatic heterocycles. The highest BCUT2D eigenvalue weighted by atomic mass is 19.1. The van der Waals surface area contributed by atoms with Gasteiger partial charge < -0.3 is 15.5 Å². The summed E-state index contributed by atoms with van der Waals surface area (Å²) in [7, 11) is 0. The van der Waals surface area contributed by atoms with Crippen LogP contribution in [0.4, 0.5) is 4.39 Å². The Morgan fingerprint density at radius 1 is 1.38 bits per heavy atom. The fraction of sp³-hybridized carbons (Fsp3) is 0.500. The minimum Gasteiger partial charge on any atom is -0.395 e. The zero-order valence-corrected chi connectivity index (χ0v) is 9.52. The van der Waals surface area contributed by atoms with Crippen molar-refractivity contribution in [2.24, 2.45) is 0 Å². The van der Waals surface area contributed by atoms with Crippen molar-refractivity contribution in [2.45, 2.75) is 32.0 Å². The standard InChI is InChI=1S/C12H18FNO2/c1-8(7-15)14-9(2)12(16)10-4-3-5-11(13)6-10/h3-6,8-9,12,14-16H,7H2,1-2H3/t8-,9+,12+/m1/s1. The Bertz CT molecular complexity index is 333. The second-order valence-corrected chi connectivity index (χ2v) is 4.04. The largest absolute Gasteiger partial charge is 0.395 e. The summed E-state index contributed by atoms with van der Waals surface area (Å²) in [6.45, 7) is 3.61. The third-order valence-corrected chi connectivity index (χ3v) is 2.49. The van der Waals surface area contributed by atoms with Gasteiger partial charge in [-0.15, -0.1) is 0 Å². The third-order valence-electron chi connectivity index (χ3n) is 2.49. The summed E-state index contributed by atoms with van der Waals surface area (Å²) in [6.07, 6.45) is -0.787. The third kappa shape index (κ3) is 3.56. The van der Waals surface area contributed by atoms with Crippen molar-refractivity contribution in [3.8, 4) is 0 Å². The Balaban J connectivity index is 2.66. The molecule has 0 spiro atoms. The average Bonchev–Trinajstić information content (AvgIpc) is 2.27. The molecule has 0 heterocycles. The molecular formula is C12H18FNO2. The smallest absolute Gasteiger partial charge is 0.123 e. The van der Waals surface area contributed by atoms with Gasteiger partial charge in [-0.05, 0) is 31.5 Å². The van der Waals surface area contributed by atoms with Crippen LogP contribution in [0.15, 0.2) is 24.3 Å². The molecule has 4 heteroatoms. The molecule has 1 aromatic rings. The molecule has 1 aromatic carbocycles. The fourth-order valence-electron chi connectivity index (χ4n) is 1.57. The predicted molar refractivity (Wildman–Crippen MR) is 60.5 cm³/mol. The second-order valence-electron chi connectivity index (χ2n) is 4.04. The molecule has 90 valence electrons. The van der Waals surface area contributed by atoms with E-state index in [1.54, 1.807) is 19.1 Å². The van der Waals surface area contributed by atoms with E-state index in [0.717, 1.165) is 0 Å². The summed E-state index contributed by atoms with van der Waals surface area (Å²) in [5.74, 6) is -0.362. The Hall–Kier alpha value is -0.970. The first kappa shape index (κ1) is 13.1. The van der Waals surface area contributed by atoms with Crippen molar-refractivity contribution in [1.29, 1.82) is 0 Å². The summed E-state index contributed by atoms with van der Waals surface area (Å²) < 4.78 is 12.9. The van der Waals surface area contributed by atoms with E-state index < -0.39 is 6.10 Å². The van der Waals surface area contributed by atoms with Crippen LogP contribution in [-0.4, -0.2) is 28.9 Å². The molecule has 0 aliphatic heterocycles. The number of aliphatic hydroxyl groups excluding tert-OH is 2. The molecule has 3 nitrogen and oxygen atoms in total. The highest BCUT2D eigenvalue weighted by molar-refractivity contribution is 5.19. The molecule has 1 rings (SSSR count). The van der Waals surface area contributed by atoms with Gasteiger partial charge in [-0.25, -0.2) is 4.39 Å². The van der Waals surface area contributed by atoms with Crippen molar-refractivity contribution in [2.75, 3.05) is 6.61 Å². The molecule has 0 bridgehead atoms. The maximum Gasteiger partial charge on any atom is 0.123 e. The van der Waals surface area contributed by atoms with E-state index in [9.17, 15) is 9.50 Å². The Morgan fingerprint density at radius 3 is 2.62 bits per heavy atom. The van der Waals surface area contributed by atoms with Gasteiger partial charge in [-0.3, -0.25) is 0 Å². The summed E-state index contributed by atoms with van der Waals surface area (Å²) in [4.78, 5) is 0. The Morgan fingerprint density at radius 2 is 2.06 bits per heavy atom. The minimum atomic E-state index is -0.787. The predicted octanol–water partition coefficient (Wildman–Crippen LogP) is 1.22. The van der Waals surface area contributed by atoms with Gasteiger partial charge in [0.05, 0.1) is 12.7 Å². The molecule has 16 heavy (non-hydrogen) atoms. The van der Waals surface area contributed by atoms with Crippen molar-refractivity contribution in [3.05, 3.63) is 35.6 Å². The Labute approximate surface area is 94.9 Å². The van der Waals surface area contributed by atoms with Gasteiger partial charge in [-0.1, -0.05) is 12.1 Å². The van der Waals surface area contributed by atoms with E-state index in [1.807, 2.05) is 6.92 Å². The lowest BCUT2D eigenvalue weighted by molar-refractivity contribution is 0.121. The van der Waals surface area contributed by atoms with Crippen LogP contribution >= 0.6 is 0 Å². The van der Waals surface area contributed by atoms with Crippen LogP contribution in [-0.2, 0) is 0 Å². The van der Waals surface area contributed by atoms with E-state index >= 15 is 0 Å². The highest BCUT2D eigenvalue weighted by Gasteiger charge is 2.17. The molecule has 0 saturated carbocycles. The van der Waals surface area contributed by atoms with Gasteiger partial charge in [0.25, 0.3) is 0 Å². The average molecular weight is 227 g/mol. The Kier molecular flexibility index (Phi) is 4.86. The van der Waals surface area contributed by atoms with Gasteiger partial charge in [0.2, 0.25) is 0 Å². The zero-order valence-electron chi connectivity index (χ0n) is 9.52. The van der Waals surface area contributed by atoms with Crippen LogP contribution in [0.3, 0.4) is 0 Å². The van der Waals surface area contributed by atoms with E-state index in [0.29, 0.717) is 5.56 Å². The van der Waals surface area contributed by atoms with Crippen molar-refractivity contribution in [1.82, 2.24) is 5.32 Å². The molecule has 0 aliphatic carbocycles. The number of hydrogen-bond acceptors (Lipinski definition) is 3. The zero-order chi connectivity index (χ0) is 12.1. The number of rotatable bonds is 5. The number of aliphatic hydroxyl groups is 2. The molecular weight excluding hydrogens is 209 g/mol. The van der Waals surface area contributed by atoms with E-state index in [1.165, 1.54) is 12.1 Å². The van der Waals surface area contributed by atoms with Crippen molar-refractivity contribution >= 4 is 0 Å². The fourth-order valence-corrected chi connectivity index (χ4v) is 1.57. The lowest BCUT2D eigenvalue weighted by Crippen LogP contribution is -2.40. The van der Waals surface area contributed by atoms with Crippen LogP contribution in [0, 0.1) is 5.82 Å². The minimum absolute atomic E-state index is 0.000209. The van der Waals surface area contributed by atoms with Gasteiger partial charge in [0.1, 0.15) is 5.82 Å². The first-order valence-electron chi connectivity index (χ1n) is 5.35. The van der Waals surface area contributed by atoms with Crippen LogP contribution in [0.25, 0.3) is 0 Å². The second kappa shape index (κ2) is 5.94. The topological polar surface area (TPSA) is 52.5 Å². The normalized spacial score (nSPS) is 16.8. The van der Waals surface area contributed by atoms with Crippen LogP contribution in [0.2, 0.25) is 0 Å². The molecule has 0 amide bonds. The first-order valence-corrected chi connectivity index (χ1v) is 5.35. The first-order chi connectivity index (χ1) is 7.54. The van der Waals surface area contributed by atoms with Crippen molar-refractivity contribution < 1.29 is 14.6 Å². The van der Waals surface area contributed by atoms with Crippen LogP contribution < -0.4 is 5.32 Å². The molecule has 0 aliphatic rings. The summed E-state index contributed by atoms with van der Waals surface area (Å²) in [5, 5.41) is 21.8. The maximum absolute atomic E-state index is 12.9. The molecule has 3 N–H and O–H groups in total. The van der Waals surface area contributed by atoms with E-state index in [-0.39, 0.29) is 24.5 Å². The SMILES string of the molecule is C[C@H](CO)N[C@@H](C)[C@H](O)c1cccc(F)c1. The lowest BCUT2D eigenvalue weighted by Gasteiger charge is -2.23. The monoisotopic (exact) mass is 227 g/mol. The number of benzene rings is 1. The van der Waals surface area contributed by atoms with Gasteiger partial charge in [0, 0.05) is 12.1 Å². The van der Waals surface area contributed by atoms with Crippen LogP contribution in [0.1, 0.15) is 25.5 Å². The molecule has 0 unspecified atom stereocenters. The maximum atomic E-state index is 12.9. The van der Waals surface area contributed by atoms with E-state index in [2.05, 4.69) is 5.32 Å². The highest BCUT2D eigenvalue weighted by Crippen LogP contribution is 2.17. The molecule has 0 radical (unpaired) electrons. The molecule has 0 saturated heterocycles. The van der Waals surface area contributed by atoms with Gasteiger partial charge >= 0.3 is 0 Å². The molecule has 3 atom stereocenters. The lowest BCUT2D eigenvalue weighted by atomic mass is 10.0. The number of nitrogens with one attached hydrogen (secondary N) is 1. The van der Waals surface area contributed by atoms with Gasteiger partial charge in [0.15, 0.2) is 0 Å². The quantitative estimate of drug-likeness (QED) is 0.709. The van der Waals surface area contributed by atoms with E-state index in [4.69, 9.17) is 5.11 Å². The number of hydrogen-bond donors (Lipinski definition) is 3. The summed E-state index contributed by atoms with van der Waals surface area (Å²) >= 11 is 0. The number of halogens is 1.